The standard InChI is InChI=1S/C14H18BrN3.CH4/c15-12-9-17-18(13(12)8-16)10-14-5-1-3-11(7-14)4-2-6-14;/h9,11H,1-7,10H2;1H4. The summed E-state index contributed by atoms with van der Waals surface area (Å²) in [5.74, 6) is 0.928. The summed E-state index contributed by atoms with van der Waals surface area (Å²) in [6, 6.07) is 2.26. The Labute approximate surface area is 124 Å². The normalized spacial score (nSPS) is 29.4. The molecule has 1 aromatic rings. The van der Waals surface area contributed by atoms with Crippen LogP contribution in [0.15, 0.2) is 10.7 Å². The molecule has 0 amide bonds. The summed E-state index contributed by atoms with van der Waals surface area (Å²) in [6.07, 6.45) is 11.3. The molecule has 104 valence electrons. The molecule has 1 heterocycles. The number of rotatable bonds is 2. The van der Waals surface area contributed by atoms with Gasteiger partial charge >= 0.3 is 0 Å². The van der Waals surface area contributed by atoms with Crippen molar-refractivity contribution in [2.45, 2.75) is 58.9 Å². The fourth-order valence-electron chi connectivity index (χ4n) is 3.96. The molecule has 1 aromatic heterocycles. The summed E-state index contributed by atoms with van der Waals surface area (Å²) < 4.78 is 2.74. The van der Waals surface area contributed by atoms with Crippen molar-refractivity contribution < 1.29 is 0 Å². The first kappa shape index (κ1) is 14.6. The highest BCUT2D eigenvalue weighted by Crippen LogP contribution is 2.49. The van der Waals surface area contributed by atoms with Crippen LogP contribution in [0.4, 0.5) is 0 Å². The van der Waals surface area contributed by atoms with Crippen molar-refractivity contribution >= 4 is 15.9 Å². The SMILES string of the molecule is C.N#Cc1c(Br)cnn1CC12CCCC(CCC1)C2. The van der Waals surface area contributed by atoms with Gasteiger partial charge in [-0.05, 0) is 46.5 Å². The van der Waals surface area contributed by atoms with E-state index in [1.165, 1.54) is 44.9 Å². The van der Waals surface area contributed by atoms with E-state index in [4.69, 9.17) is 0 Å². The first-order chi connectivity index (χ1) is 8.72. The summed E-state index contributed by atoms with van der Waals surface area (Å²) in [5.41, 5.74) is 1.09. The number of nitriles is 1. The van der Waals surface area contributed by atoms with E-state index in [0.29, 0.717) is 11.1 Å². The zero-order chi connectivity index (χ0) is 12.6. The Morgan fingerprint density at radius 2 is 2.11 bits per heavy atom. The second-order valence-electron chi connectivity index (χ2n) is 5.97. The highest BCUT2D eigenvalue weighted by Gasteiger charge is 2.40. The Morgan fingerprint density at radius 1 is 1.42 bits per heavy atom. The van der Waals surface area contributed by atoms with Gasteiger partial charge in [0.2, 0.25) is 0 Å². The monoisotopic (exact) mass is 323 g/mol. The minimum atomic E-state index is 0. The summed E-state index contributed by atoms with van der Waals surface area (Å²) >= 11 is 3.40. The van der Waals surface area contributed by atoms with E-state index in [9.17, 15) is 5.26 Å². The number of nitrogens with zero attached hydrogens (tertiary/aromatic N) is 3. The third-order valence-corrected chi connectivity index (χ3v) is 5.33. The third-order valence-electron chi connectivity index (χ3n) is 4.75. The summed E-state index contributed by atoms with van der Waals surface area (Å²) in [7, 11) is 0. The van der Waals surface area contributed by atoms with Gasteiger partial charge in [0.1, 0.15) is 6.07 Å². The lowest BCUT2D eigenvalue weighted by Gasteiger charge is -2.45. The summed E-state index contributed by atoms with van der Waals surface area (Å²) in [4.78, 5) is 0. The molecule has 3 rings (SSSR count). The van der Waals surface area contributed by atoms with Crippen LogP contribution in [0.25, 0.3) is 0 Å². The maximum Gasteiger partial charge on any atom is 0.152 e. The smallest absolute Gasteiger partial charge is 0.152 e. The summed E-state index contributed by atoms with van der Waals surface area (Å²) in [6.45, 7) is 0.929. The average molecular weight is 324 g/mol. The molecule has 2 aliphatic rings. The molecule has 4 heteroatoms. The lowest BCUT2D eigenvalue weighted by Crippen LogP contribution is -2.37. The molecule has 2 aliphatic carbocycles. The number of aromatic nitrogens is 2. The number of hydrogen-bond acceptors (Lipinski definition) is 2. The first-order valence-corrected chi connectivity index (χ1v) is 7.63. The Bertz CT molecular complexity index is 476. The van der Waals surface area contributed by atoms with Gasteiger partial charge in [-0.2, -0.15) is 10.4 Å². The van der Waals surface area contributed by atoms with Gasteiger partial charge in [0, 0.05) is 6.54 Å². The van der Waals surface area contributed by atoms with Gasteiger partial charge in [0.15, 0.2) is 5.69 Å². The van der Waals surface area contributed by atoms with E-state index in [-0.39, 0.29) is 7.43 Å². The number of halogens is 1. The van der Waals surface area contributed by atoms with Gasteiger partial charge in [-0.25, -0.2) is 0 Å². The van der Waals surface area contributed by atoms with E-state index in [1.54, 1.807) is 6.20 Å². The van der Waals surface area contributed by atoms with Gasteiger partial charge in [0.05, 0.1) is 10.7 Å². The van der Waals surface area contributed by atoms with Crippen LogP contribution in [-0.2, 0) is 6.54 Å². The highest BCUT2D eigenvalue weighted by molar-refractivity contribution is 9.10. The molecule has 19 heavy (non-hydrogen) atoms. The fourth-order valence-corrected chi connectivity index (χ4v) is 4.34. The van der Waals surface area contributed by atoms with Crippen LogP contribution in [0.3, 0.4) is 0 Å². The Balaban J connectivity index is 0.00000133. The molecule has 0 aromatic carbocycles. The molecule has 0 saturated heterocycles. The molecule has 2 bridgehead atoms. The molecule has 3 nitrogen and oxygen atoms in total. The van der Waals surface area contributed by atoms with Gasteiger partial charge < -0.3 is 0 Å². The molecular formula is C15H22BrN3. The van der Waals surface area contributed by atoms with Crippen LogP contribution in [0, 0.1) is 22.7 Å². The zero-order valence-corrected chi connectivity index (χ0v) is 12.1. The van der Waals surface area contributed by atoms with Crippen molar-refractivity contribution in [2.75, 3.05) is 0 Å². The van der Waals surface area contributed by atoms with Gasteiger partial charge in [-0.15, -0.1) is 0 Å². The molecule has 2 saturated carbocycles. The lowest BCUT2D eigenvalue weighted by molar-refractivity contribution is 0.0557. The Kier molecular flexibility index (Phi) is 4.35. The van der Waals surface area contributed by atoms with Crippen LogP contribution in [-0.4, -0.2) is 9.78 Å². The van der Waals surface area contributed by atoms with Crippen LogP contribution >= 0.6 is 15.9 Å². The number of hydrogen-bond donors (Lipinski definition) is 0. The van der Waals surface area contributed by atoms with Crippen molar-refractivity contribution in [3.63, 3.8) is 0 Å². The fraction of sp³-hybridized carbons (Fsp3) is 0.733. The van der Waals surface area contributed by atoms with Crippen molar-refractivity contribution in [3.05, 3.63) is 16.4 Å². The average Bonchev–Trinajstić information content (AvgIpc) is 2.69. The highest BCUT2D eigenvalue weighted by atomic mass is 79.9. The van der Waals surface area contributed by atoms with Crippen molar-refractivity contribution in [1.82, 2.24) is 9.78 Å². The van der Waals surface area contributed by atoms with Crippen molar-refractivity contribution in [3.8, 4) is 6.07 Å². The van der Waals surface area contributed by atoms with E-state index in [1.807, 2.05) is 4.68 Å². The van der Waals surface area contributed by atoms with Crippen LogP contribution < -0.4 is 0 Å². The van der Waals surface area contributed by atoms with E-state index >= 15 is 0 Å². The summed E-state index contributed by atoms with van der Waals surface area (Å²) in [5, 5.41) is 13.6. The van der Waals surface area contributed by atoms with E-state index < -0.39 is 0 Å². The maximum absolute atomic E-state index is 9.20. The minimum Gasteiger partial charge on any atom is -0.253 e. The third kappa shape index (κ3) is 2.72. The Morgan fingerprint density at radius 3 is 2.74 bits per heavy atom. The van der Waals surface area contributed by atoms with Gasteiger partial charge in [0.25, 0.3) is 0 Å². The van der Waals surface area contributed by atoms with Crippen LogP contribution in [0.2, 0.25) is 0 Å². The molecule has 0 unspecified atom stereocenters. The van der Waals surface area contributed by atoms with Crippen molar-refractivity contribution in [1.29, 1.82) is 5.26 Å². The zero-order valence-electron chi connectivity index (χ0n) is 10.5. The van der Waals surface area contributed by atoms with E-state index in [0.717, 1.165) is 16.9 Å². The maximum atomic E-state index is 9.20. The molecule has 2 fully saturated rings. The van der Waals surface area contributed by atoms with Gasteiger partial charge in [-0.3, -0.25) is 4.68 Å². The molecule has 0 N–H and O–H groups in total. The molecular weight excluding hydrogens is 302 g/mol. The quantitative estimate of drug-likeness (QED) is 0.803. The topological polar surface area (TPSA) is 41.6 Å². The van der Waals surface area contributed by atoms with Crippen LogP contribution in [0.1, 0.15) is 58.1 Å². The minimum absolute atomic E-state index is 0. The van der Waals surface area contributed by atoms with Crippen LogP contribution in [0.5, 0.6) is 0 Å². The largest absolute Gasteiger partial charge is 0.253 e. The Hall–Kier alpha value is -0.820. The first-order valence-electron chi connectivity index (χ1n) is 6.84. The van der Waals surface area contributed by atoms with Gasteiger partial charge in [-0.1, -0.05) is 33.1 Å². The van der Waals surface area contributed by atoms with E-state index in [2.05, 4.69) is 27.1 Å². The lowest BCUT2D eigenvalue weighted by atomic mass is 9.62. The predicted octanol–water partition coefficient (Wildman–Crippen LogP) is 4.51. The molecule has 0 atom stereocenters. The second kappa shape index (κ2) is 5.66. The second-order valence-corrected chi connectivity index (χ2v) is 6.82. The van der Waals surface area contributed by atoms with Crippen molar-refractivity contribution in [2.24, 2.45) is 11.3 Å². The molecule has 0 radical (unpaired) electrons. The molecule has 0 aliphatic heterocycles. The predicted molar refractivity (Wildman–Crippen MR) is 79.6 cm³/mol. The number of fused-ring (bicyclic) bond motifs is 2. The molecule has 0 spiro atoms.